The van der Waals surface area contributed by atoms with Crippen LogP contribution in [0, 0.1) is 0 Å². The molecule has 1 spiro atoms. The summed E-state index contributed by atoms with van der Waals surface area (Å²) >= 11 is 0. The summed E-state index contributed by atoms with van der Waals surface area (Å²) in [6.07, 6.45) is 3.88. The molecule has 2 aliphatic rings. The van der Waals surface area contributed by atoms with Gasteiger partial charge in [-0.15, -0.1) is 0 Å². The lowest BCUT2D eigenvalue weighted by Gasteiger charge is -2.52. The van der Waals surface area contributed by atoms with Gasteiger partial charge in [0.1, 0.15) is 0 Å². The van der Waals surface area contributed by atoms with E-state index < -0.39 is 0 Å². The predicted octanol–water partition coefficient (Wildman–Crippen LogP) is 2.57. The number of rotatable bonds is 2. The fraction of sp³-hybridized carbons (Fsp3) is 0.526. The lowest BCUT2D eigenvalue weighted by Crippen LogP contribution is -2.64. The van der Waals surface area contributed by atoms with Crippen LogP contribution in [-0.2, 0) is 0 Å². The lowest BCUT2D eigenvalue weighted by atomic mass is 9.84. The molecule has 3 rings (SSSR count). The average molecular weight is 328 g/mol. The number of nitrogens with zero attached hydrogens (tertiary/aromatic N) is 3. The Kier molecular flexibility index (Phi) is 4.92. The van der Waals surface area contributed by atoms with Crippen LogP contribution in [0.5, 0.6) is 0 Å². The Morgan fingerprint density at radius 2 is 1.79 bits per heavy atom. The highest BCUT2D eigenvalue weighted by Crippen LogP contribution is 2.31. The second-order valence-corrected chi connectivity index (χ2v) is 7.13. The molecule has 0 saturated carbocycles. The number of likely N-dealkylation sites (N-methyl/N-ethyl adjacent to an activating group) is 2. The summed E-state index contributed by atoms with van der Waals surface area (Å²) < 4.78 is 0. The molecule has 1 aromatic rings. The first-order valence-corrected chi connectivity index (χ1v) is 8.71. The maximum Gasteiger partial charge on any atom is 0.321 e. The monoisotopic (exact) mass is 328 g/mol. The zero-order valence-electron chi connectivity index (χ0n) is 14.8. The average Bonchev–Trinajstić information content (AvgIpc) is 2.60. The molecule has 5 nitrogen and oxygen atoms in total. The number of likely N-dealkylation sites (tertiary alicyclic amines) is 1. The molecule has 2 heterocycles. The molecule has 0 bridgehead atoms. The van der Waals surface area contributed by atoms with Crippen LogP contribution in [0.2, 0.25) is 0 Å². The van der Waals surface area contributed by atoms with Gasteiger partial charge in [-0.25, -0.2) is 4.79 Å². The molecule has 24 heavy (non-hydrogen) atoms. The molecule has 0 atom stereocenters. The Labute approximate surface area is 144 Å². The van der Waals surface area contributed by atoms with Crippen molar-refractivity contribution in [2.24, 2.45) is 0 Å². The van der Waals surface area contributed by atoms with Gasteiger partial charge in [-0.1, -0.05) is 24.8 Å². The summed E-state index contributed by atoms with van der Waals surface area (Å²) in [5, 5.41) is 3.00. The van der Waals surface area contributed by atoms with Gasteiger partial charge in [0.25, 0.3) is 0 Å². The van der Waals surface area contributed by atoms with Gasteiger partial charge in [0, 0.05) is 44.0 Å². The predicted molar refractivity (Wildman–Crippen MR) is 99.2 cm³/mol. The van der Waals surface area contributed by atoms with Gasteiger partial charge in [0.2, 0.25) is 0 Å². The quantitative estimate of drug-likeness (QED) is 0.907. The number of hydrogen-bond acceptors (Lipinski definition) is 3. The fourth-order valence-electron chi connectivity index (χ4n) is 3.83. The van der Waals surface area contributed by atoms with Crippen molar-refractivity contribution in [1.82, 2.24) is 14.7 Å². The van der Waals surface area contributed by atoms with Crippen LogP contribution in [0.25, 0.3) is 6.08 Å². The molecule has 2 saturated heterocycles. The molecule has 0 unspecified atom stereocenters. The van der Waals surface area contributed by atoms with E-state index in [0.29, 0.717) is 0 Å². The zero-order valence-corrected chi connectivity index (χ0v) is 14.8. The van der Waals surface area contributed by atoms with E-state index in [-0.39, 0.29) is 11.6 Å². The van der Waals surface area contributed by atoms with Gasteiger partial charge in [-0.05, 0) is 44.6 Å². The molecule has 2 amide bonds. The number of carbonyl (C=O) groups is 1. The third-order valence-corrected chi connectivity index (χ3v) is 5.57. The molecule has 130 valence electrons. The minimum absolute atomic E-state index is 0.00280. The Hall–Kier alpha value is -1.85. The number of hydrogen-bond donors (Lipinski definition) is 1. The molecular formula is C19H28N4O. The standard InChI is InChI=1S/C19H28N4O/c1-4-16-5-7-17(8-6-16)20-18(24)23-11-9-19(10-12-23)15-21(2)13-14-22(19)3/h4-8H,1,9-15H2,2-3H3,(H,20,24). The number of anilines is 1. The van der Waals surface area contributed by atoms with E-state index in [1.807, 2.05) is 29.2 Å². The number of benzene rings is 1. The summed E-state index contributed by atoms with van der Waals surface area (Å²) in [5.74, 6) is 0. The molecule has 2 fully saturated rings. The van der Waals surface area contributed by atoms with Crippen molar-refractivity contribution < 1.29 is 4.79 Å². The summed E-state index contributed by atoms with van der Waals surface area (Å²) in [4.78, 5) is 19.4. The van der Waals surface area contributed by atoms with E-state index in [4.69, 9.17) is 0 Å². The maximum atomic E-state index is 12.5. The molecule has 2 aliphatic heterocycles. The summed E-state index contributed by atoms with van der Waals surface area (Å²) in [7, 11) is 4.42. The minimum Gasteiger partial charge on any atom is -0.324 e. The van der Waals surface area contributed by atoms with Crippen LogP contribution in [-0.4, -0.2) is 73.1 Å². The van der Waals surface area contributed by atoms with Crippen LogP contribution in [0.4, 0.5) is 10.5 Å². The van der Waals surface area contributed by atoms with Crippen molar-refractivity contribution in [3.05, 3.63) is 36.4 Å². The molecule has 0 radical (unpaired) electrons. The van der Waals surface area contributed by atoms with E-state index in [9.17, 15) is 4.79 Å². The summed E-state index contributed by atoms with van der Waals surface area (Å²) in [5.41, 5.74) is 2.12. The third-order valence-electron chi connectivity index (χ3n) is 5.57. The van der Waals surface area contributed by atoms with Gasteiger partial charge in [0.15, 0.2) is 0 Å². The van der Waals surface area contributed by atoms with E-state index >= 15 is 0 Å². The van der Waals surface area contributed by atoms with Crippen LogP contribution in [0.1, 0.15) is 18.4 Å². The van der Waals surface area contributed by atoms with Gasteiger partial charge in [0.05, 0.1) is 0 Å². The fourth-order valence-corrected chi connectivity index (χ4v) is 3.83. The van der Waals surface area contributed by atoms with Crippen molar-refractivity contribution in [1.29, 1.82) is 0 Å². The SMILES string of the molecule is C=Cc1ccc(NC(=O)N2CCC3(CC2)CN(C)CCN3C)cc1. The normalized spacial score (nSPS) is 21.7. The largest absolute Gasteiger partial charge is 0.324 e. The van der Waals surface area contributed by atoms with Crippen LogP contribution >= 0.6 is 0 Å². The second-order valence-electron chi connectivity index (χ2n) is 7.13. The molecular weight excluding hydrogens is 300 g/mol. The number of carbonyl (C=O) groups excluding carboxylic acids is 1. The molecule has 1 N–H and O–H groups in total. The first-order chi connectivity index (χ1) is 11.5. The first-order valence-electron chi connectivity index (χ1n) is 8.71. The Bertz CT molecular complexity index is 590. The van der Waals surface area contributed by atoms with Crippen LogP contribution in [0.15, 0.2) is 30.8 Å². The van der Waals surface area contributed by atoms with Crippen molar-refractivity contribution >= 4 is 17.8 Å². The second kappa shape index (κ2) is 6.95. The summed E-state index contributed by atoms with van der Waals surface area (Å²) in [6, 6.07) is 7.76. The highest BCUT2D eigenvalue weighted by atomic mass is 16.2. The maximum absolute atomic E-state index is 12.5. The molecule has 1 aromatic carbocycles. The van der Waals surface area contributed by atoms with Crippen molar-refractivity contribution in [3.8, 4) is 0 Å². The van der Waals surface area contributed by atoms with Crippen LogP contribution < -0.4 is 5.32 Å². The first kappa shape index (κ1) is 17.0. The van der Waals surface area contributed by atoms with Gasteiger partial charge in [-0.3, -0.25) is 4.90 Å². The highest BCUT2D eigenvalue weighted by molar-refractivity contribution is 5.89. The van der Waals surface area contributed by atoms with Crippen molar-refractivity contribution in [2.45, 2.75) is 18.4 Å². The molecule has 0 aliphatic carbocycles. The summed E-state index contributed by atoms with van der Waals surface area (Å²) in [6.45, 7) is 8.71. The van der Waals surface area contributed by atoms with Crippen molar-refractivity contribution in [2.75, 3.05) is 52.1 Å². The van der Waals surface area contributed by atoms with Crippen LogP contribution in [0.3, 0.4) is 0 Å². The Balaban J connectivity index is 1.57. The minimum atomic E-state index is 0.00280. The third kappa shape index (κ3) is 3.47. The number of piperidine rings is 1. The molecule has 5 heteroatoms. The number of amides is 2. The van der Waals surface area contributed by atoms with Crippen molar-refractivity contribution in [3.63, 3.8) is 0 Å². The Morgan fingerprint density at radius 3 is 2.42 bits per heavy atom. The zero-order chi connectivity index (χ0) is 17.2. The smallest absolute Gasteiger partial charge is 0.321 e. The Morgan fingerprint density at radius 1 is 1.12 bits per heavy atom. The number of piperazine rings is 1. The van der Waals surface area contributed by atoms with Gasteiger partial charge >= 0.3 is 6.03 Å². The highest BCUT2D eigenvalue weighted by Gasteiger charge is 2.41. The van der Waals surface area contributed by atoms with Gasteiger partial charge in [-0.2, -0.15) is 0 Å². The lowest BCUT2D eigenvalue weighted by molar-refractivity contribution is -0.0110. The van der Waals surface area contributed by atoms with E-state index in [2.05, 4.69) is 35.8 Å². The number of nitrogens with one attached hydrogen (secondary N) is 1. The topological polar surface area (TPSA) is 38.8 Å². The molecule has 0 aromatic heterocycles. The van der Waals surface area contributed by atoms with Gasteiger partial charge < -0.3 is 15.1 Å². The van der Waals surface area contributed by atoms with E-state index in [1.54, 1.807) is 6.08 Å². The van der Waals surface area contributed by atoms with E-state index in [1.165, 1.54) is 0 Å². The van der Waals surface area contributed by atoms with E-state index in [0.717, 1.165) is 56.8 Å². The number of urea groups is 1.